The zero-order chi connectivity index (χ0) is 18.7. The van der Waals surface area contributed by atoms with Gasteiger partial charge >= 0.3 is 6.09 Å². The summed E-state index contributed by atoms with van der Waals surface area (Å²) in [5.74, 6) is -3.63. The maximum Gasteiger partial charge on any atom is 0.409 e. The van der Waals surface area contributed by atoms with E-state index in [1.807, 2.05) is 4.90 Å². The fraction of sp³-hybridized carbons (Fsp3) is 0.353. The van der Waals surface area contributed by atoms with Crippen LogP contribution in [0.2, 0.25) is 0 Å². The summed E-state index contributed by atoms with van der Waals surface area (Å²) in [4.78, 5) is 23.5. The van der Waals surface area contributed by atoms with Crippen molar-refractivity contribution in [1.82, 2.24) is 14.9 Å². The molecule has 0 unspecified atom stereocenters. The quantitative estimate of drug-likeness (QED) is 0.782. The molecule has 1 aliphatic rings. The molecule has 0 N–H and O–H groups in total. The number of rotatable bonds is 3. The summed E-state index contributed by atoms with van der Waals surface area (Å²) in [5.41, 5.74) is 0.137. The number of anilines is 1. The van der Waals surface area contributed by atoms with Crippen molar-refractivity contribution >= 4 is 12.0 Å². The molecule has 0 saturated carbocycles. The Bertz CT molecular complexity index is 793. The van der Waals surface area contributed by atoms with Crippen LogP contribution in [0.3, 0.4) is 0 Å². The molecule has 1 saturated heterocycles. The number of hydrogen-bond acceptors (Lipinski definition) is 5. The largest absolute Gasteiger partial charge is 0.450 e. The average molecular weight is 366 g/mol. The lowest BCUT2D eigenvalue weighted by Crippen LogP contribution is -2.49. The predicted molar refractivity (Wildman–Crippen MR) is 88.2 cm³/mol. The Morgan fingerprint density at radius 2 is 1.73 bits per heavy atom. The van der Waals surface area contributed by atoms with E-state index >= 15 is 0 Å². The van der Waals surface area contributed by atoms with Crippen LogP contribution in [-0.2, 0) is 4.74 Å². The van der Waals surface area contributed by atoms with Crippen molar-refractivity contribution in [2.75, 3.05) is 37.7 Å². The first kappa shape index (κ1) is 18.0. The summed E-state index contributed by atoms with van der Waals surface area (Å²) in [6, 6.07) is 2.00. The van der Waals surface area contributed by atoms with E-state index < -0.39 is 17.5 Å². The Morgan fingerprint density at radius 3 is 2.35 bits per heavy atom. The molecular weight excluding hydrogens is 349 g/mol. The van der Waals surface area contributed by atoms with Crippen LogP contribution in [-0.4, -0.2) is 53.7 Å². The molecule has 2 aromatic rings. The van der Waals surface area contributed by atoms with Gasteiger partial charge in [-0.2, -0.15) is 0 Å². The molecule has 138 valence electrons. The van der Waals surface area contributed by atoms with Crippen molar-refractivity contribution in [3.8, 4) is 11.1 Å². The second-order valence-corrected chi connectivity index (χ2v) is 5.67. The summed E-state index contributed by atoms with van der Waals surface area (Å²) in [6.45, 7) is 4.07. The first-order valence-electron chi connectivity index (χ1n) is 8.13. The highest BCUT2D eigenvalue weighted by Gasteiger charge is 2.23. The number of nitrogens with zero attached hydrogens (tertiary/aromatic N) is 4. The van der Waals surface area contributed by atoms with Crippen molar-refractivity contribution in [2.24, 2.45) is 0 Å². The van der Waals surface area contributed by atoms with E-state index in [0.29, 0.717) is 38.7 Å². The van der Waals surface area contributed by atoms with Crippen molar-refractivity contribution in [3.05, 3.63) is 42.0 Å². The summed E-state index contributed by atoms with van der Waals surface area (Å²) in [5, 5.41) is 0. The van der Waals surface area contributed by atoms with Crippen LogP contribution >= 0.6 is 0 Å². The van der Waals surface area contributed by atoms with Crippen LogP contribution in [0.1, 0.15) is 6.92 Å². The molecule has 0 atom stereocenters. The Morgan fingerprint density at radius 1 is 1.08 bits per heavy atom. The Labute approximate surface area is 148 Å². The molecular formula is C17H17F3N4O2. The van der Waals surface area contributed by atoms with Crippen LogP contribution in [0.25, 0.3) is 11.1 Å². The number of benzene rings is 1. The molecule has 3 rings (SSSR count). The smallest absolute Gasteiger partial charge is 0.409 e. The highest BCUT2D eigenvalue weighted by atomic mass is 19.2. The second kappa shape index (κ2) is 7.59. The van der Waals surface area contributed by atoms with Crippen molar-refractivity contribution in [1.29, 1.82) is 0 Å². The maximum absolute atomic E-state index is 13.9. The van der Waals surface area contributed by atoms with Gasteiger partial charge in [-0.25, -0.2) is 27.9 Å². The Balaban J connectivity index is 1.69. The number of carbonyl (C=O) groups is 1. The van der Waals surface area contributed by atoms with E-state index in [0.717, 1.165) is 12.1 Å². The molecule has 1 fully saturated rings. The third-order valence-electron chi connectivity index (χ3n) is 4.07. The van der Waals surface area contributed by atoms with Gasteiger partial charge in [-0.05, 0) is 19.1 Å². The van der Waals surface area contributed by atoms with E-state index in [-0.39, 0.29) is 17.2 Å². The van der Waals surface area contributed by atoms with Crippen molar-refractivity contribution in [3.63, 3.8) is 0 Å². The fourth-order valence-corrected chi connectivity index (χ4v) is 2.68. The van der Waals surface area contributed by atoms with Crippen LogP contribution in [0.4, 0.5) is 23.9 Å². The van der Waals surface area contributed by atoms with E-state index in [4.69, 9.17) is 4.74 Å². The van der Waals surface area contributed by atoms with Gasteiger partial charge in [0.15, 0.2) is 17.5 Å². The molecule has 26 heavy (non-hydrogen) atoms. The first-order chi connectivity index (χ1) is 12.5. The number of aromatic nitrogens is 2. The Hall–Kier alpha value is -2.84. The molecule has 0 bridgehead atoms. The number of piperazine rings is 1. The molecule has 2 heterocycles. The standard InChI is InChI=1S/C17H17F3N4O2/c1-2-26-17(25)24-7-5-23(6-8-24)16-21-9-11(10-22-16)12-3-4-13(18)15(20)14(12)19/h3-4,9-10H,2,5-8H2,1H3. The van der Waals surface area contributed by atoms with Crippen molar-refractivity contribution in [2.45, 2.75) is 6.92 Å². The molecule has 6 nitrogen and oxygen atoms in total. The zero-order valence-corrected chi connectivity index (χ0v) is 14.1. The van der Waals surface area contributed by atoms with Gasteiger partial charge in [0.2, 0.25) is 5.95 Å². The van der Waals surface area contributed by atoms with Gasteiger partial charge in [-0.1, -0.05) is 0 Å². The summed E-state index contributed by atoms with van der Waals surface area (Å²) in [7, 11) is 0. The minimum atomic E-state index is -1.53. The van der Waals surface area contributed by atoms with Crippen molar-refractivity contribution < 1.29 is 22.7 Å². The topological polar surface area (TPSA) is 58.6 Å². The molecule has 1 amide bonds. The molecule has 0 spiro atoms. The monoisotopic (exact) mass is 366 g/mol. The lowest BCUT2D eigenvalue weighted by molar-refractivity contribution is 0.105. The van der Waals surface area contributed by atoms with Gasteiger partial charge in [0, 0.05) is 49.7 Å². The molecule has 1 aliphatic heterocycles. The lowest BCUT2D eigenvalue weighted by atomic mass is 10.1. The average Bonchev–Trinajstić information content (AvgIpc) is 2.67. The molecule has 9 heteroatoms. The third-order valence-corrected chi connectivity index (χ3v) is 4.07. The summed E-state index contributed by atoms with van der Waals surface area (Å²) in [6.07, 6.45) is 2.36. The van der Waals surface area contributed by atoms with Crippen LogP contribution in [0, 0.1) is 17.5 Å². The van der Waals surface area contributed by atoms with Crippen LogP contribution < -0.4 is 4.90 Å². The number of carbonyl (C=O) groups excluding carboxylic acids is 1. The minimum absolute atomic E-state index is 0.109. The van der Waals surface area contributed by atoms with Gasteiger partial charge in [0.05, 0.1) is 6.61 Å². The van der Waals surface area contributed by atoms with Gasteiger partial charge < -0.3 is 14.5 Å². The number of amides is 1. The molecule has 0 aliphatic carbocycles. The van der Waals surface area contributed by atoms with E-state index in [2.05, 4.69) is 9.97 Å². The summed E-state index contributed by atoms with van der Waals surface area (Å²) >= 11 is 0. The Kier molecular flexibility index (Phi) is 5.24. The van der Waals surface area contributed by atoms with Gasteiger partial charge in [-0.3, -0.25) is 0 Å². The SMILES string of the molecule is CCOC(=O)N1CCN(c2ncc(-c3ccc(F)c(F)c3F)cn2)CC1. The lowest BCUT2D eigenvalue weighted by Gasteiger charge is -2.33. The zero-order valence-electron chi connectivity index (χ0n) is 14.1. The minimum Gasteiger partial charge on any atom is -0.450 e. The molecule has 0 radical (unpaired) electrons. The van der Waals surface area contributed by atoms with E-state index in [9.17, 15) is 18.0 Å². The number of hydrogen-bond donors (Lipinski definition) is 0. The van der Waals surface area contributed by atoms with Gasteiger partial charge in [0.1, 0.15) is 0 Å². The maximum atomic E-state index is 13.9. The third kappa shape index (κ3) is 3.56. The number of halogens is 3. The highest BCUT2D eigenvalue weighted by molar-refractivity contribution is 5.68. The van der Waals surface area contributed by atoms with Gasteiger partial charge in [0.25, 0.3) is 0 Å². The fourth-order valence-electron chi connectivity index (χ4n) is 2.68. The molecule has 1 aromatic heterocycles. The van der Waals surface area contributed by atoms with E-state index in [1.54, 1.807) is 11.8 Å². The van der Waals surface area contributed by atoms with Gasteiger partial charge in [-0.15, -0.1) is 0 Å². The highest BCUT2D eigenvalue weighted by Crippen LogP contribution is 2.25. The van der Waals surface area contributed by atoms with Crippen LogP contribution in [0.15, 0.2) is 24.5 Å². The normalized spacial score (nSPS) is 14.5. The van der Waals surface area contributed by atoms with Crippen LogP contribution in [0.5, 0.6) is 0 Å². The summed E-state index contributed by atoms with van der Waals surface area (Å²) < 4.78 is 45.2. The molecule has 1 aromatic carbocycles. The number of ether oxygens (including phenoxy) is 1. The first-order valence-corrected chi connectivity index (χ1v) is 8.13. The van der Waals surface area contributed by atoms with E-state index in [1.165, 1.54) is 12.4 Å². The second-order valence-electron chi connectivity index (χ2n) is 5.67. The predicted octanol–water partition coefficient (Wildman–Crippen LogP) is 2.84.